The second-order valence-electron chi connectivity index (χ2n) is 7.42. The lowest BCUT2D eigenvalue weighted by atomic mass is 10.2. The minimum absolute atomic E-state index is 0.205. The van der Waals surface area contributed by atoms with Crippen molar-refractivity contribution in [3.05, 3.63) is 57.5 Å². The number of fused-ring (bicyclic) bond motifs is 1. The van der Waals surface area contributed by atoms with E-state index in [1.165, 1.54) is 19.2 Å². The fraction of sp³-hybridized carbons (Fsp3) is 0.318. The van der Waals surface area contributed by atoms with E-state index in [1.54, 1.807) is 27.8 Å². The molecule has 3 aromatic rings. The summed E-state index contributed by atoms with van der Waals surface area (Å²) in [5.41, 5.74) is 1.47. The molecule has 0 atom stereocenters. The quantitative estimate of drug-likeness (QED) is 0.583. The van der Waals surface area contributed by atoms with Gasteiger partial charge in [-0.25, -0.2) is 19.6 Å². The average Bonchev–Trinajstić information content (AvgIpc) is 2.83. The largest absolute Gasteiger partial charge is 0.465 e. The summed E-state index contributed by atoms with van der Waals surface area (Å²) in [6.45, 7) is 3.98. The lowest BCUT2D eigenvalue weighted by Gasteiger charge is -2.35. The molecule has 33 heavy (non-hydrogen) atoms. The highest BCUT2D eigenvalue weighted by atomic mass is 35.5. The number of halogens is 1. The normalized spacial score (nSPS) is 13.8. The van der Waals surface area contributed by atoms with Crippen molar-refractivity contribution in [1.82, 2.24) is 19.4 Å². The van der Waals surface area contributed by atoms with Crippen LogP contribution in [0.4, 0.5) is 16.3 Å². The van der Waals surface area contributed by atoms with Crippen LogP contribution < -0.4 is 15.8 Å². The van der Waals surface area contributed by atoms with Gasteiger partial charge in [-0.3, -0.25) is 9.36 Å². The SMILES string of the molecule is CCn1c(=O)c(N2CCN(C(=O)Nc3cc(Cl)ccc3C(=O)OC)CC2)nc2cccnc21. The van der Waals surface area contributed by atoms with Gasteiger partial charge in [-0.15, -0.1) is 0 Å². The first kappa shape index (κ1) is 22.5. The summed E-state index contributed by atoms with van der Waals surface area (Å²) in [6.07, 6.45) is 1.64. The van der Waals surface area contributed by atoms with E-state index >= 15 is 0 Å². The topological polar surface area (TPSA) is 110 Å². The molecule has 1 aliphatic heterocycles. The minimum atomic E-state index is -0.573. The van der Waals surface area contributed by atoms with Crippen LogP contribution in [-0.4, -0.2) is 64.7 Å². The third kappa shape index (κ3) is 4.47. The summed E-state index contributed by atoms with van der Waals surface area (Å²) in [5.74, 6) is -0.226. The van der Waals surface area contributed by atoms with Crippen LogP contribution in [-0.2, 0) is 11.3 Å². The second kappa shape index (κ2) is 9.45. The maximum absolute atomic E-state index is 13.0. The molecule has 1 fully saturated rings. The number of hydrogen-bond donors (Lipinski definition) is 1. The minimum Gasteiger partial charge on any atom is -0.465 e. The zero-order valence-electron chi connectivity index (χ0n) is 18.2. The van der Waals surface area contributed by atoms with E-state index in [1.807, 2.05) is 17.9 Å². The molecule has 0 unspecified atom stereocenters. The number of pyridine rings is 1. The number of anilines is 2. The lowest BCUT2D eigenvalue weighted by Crippen LogP contribution is -2.51. The number of aryl methyl sites for hydroxylation is 1. The molecule has 2 amide bonds. The molecule has 2 aromatic heterocycles. The van der Waals surface area contributed by atoms with Gasteiger partial charge in [0.25, 0.3) is 5.56 Å². The second-order valence-corrected chi connectivity index (χ2v) is 7.85. The van der Waals surface area contributed by atoms with Crippen molar-refractivity contribution in [2.75, 3.05) is 43.5 Å². The fourth-order valence-electron chi connectivity index (χ4n) is 3.79. The van der Waals surface area contributed by atoms with E-state index in [9.17, 15) is 14.4 Å². The van der Waals surface area contributed by atoms with Gasteiger partial charge < -0.3 is 19.9 Å². The van der Waals surface area contributed by atoms with Crippen molar-refractivity contribution in [3.8, 4) is 0 Å². The van der Waals surface area contributed by atoms with Crippen molar-refractivity contribution in [1.29, 1.82) is 0 Å². The van der Waals surface area contributed by atoms with Crippen LogP contribution in [0.1, 0.15) is 17.3 Å². The molecule has 1 aliphatic rings. The van der Waals surface area contributed by atoms with Crippen LogP contribution in [0.2, 0.25) is 5.02 Å². The molecule has 1 N–H and O–H groups in total. The first-order valence-corrected chi connectivity index (χ1v) is 10.8. The highest BCUT2D eigenvalue weighted by Crippen LogP contribution is 2.23. The molecule has 0 saturated carbocycles. The van der Waals surface area contributed by atoms with Gasteiger partial charge in [0.05, 0.1) is 18.4 Å². The van der Waals surface area contributed by atoms with Crippen molar-refractivity contribution < 1.29 is 14.3 Å². The van der Waals surface area contributed by atoms with Gasteiger partial charge in [0.2, 0.25) is 0 Å². The average molecular weight is 471 g/mol. The van der Waals surface area contributed by atoms with Gasteiger partial charge in [-0.1, -0.05) is 11.6 Å². The molecular weight excluding hydrogens is 448 g/mol. The number of aromatic nitrogens is 3. The van der Waals surface area contributed by atoms with E-state index in [0.29, 0.717) is 54.7 Å². The van der Waals surface area contributed by atoms with Crippen molar-refractivity contribution in [2.45, 2.75) is 13.5 Å². The molecule has 0 radical (unpaired) electrons. The molecule has 0 spiro atoms. The lowest BCUT2D eigenvalue weighted by molar-refractivity contribution is 0.0602. The summed E-state index contributed by atoms with van der Waals surface area (Å²) >= 11 is 6.04. The standard InChI is InChI=1S/C22H23ClN6O4/c1-3-29-18-16(5-4-8-24-18)25-19(20(29)30)27-9-11-28(12-10-27)22(32)26-17-13-14(23)6-7-15(17)21(31)33-2/h4-8,13H,3,9-12H2,1-2H3,(H,26,32). The Balaban J connectivity index is 1.50. The zero-order valence-corrected chi connectivity index (χ0v) is 19.0. The summed E-state index contributed by atoms with van der Waals surface area (Å²) < 4.78 is 6.37. The number of piperazine rings is 1. The van der Waals surface area contributed by atoms with Crippen LogP contribution in [0.15, 0.2) is 41.3 Å². The number of amides is 2. The Labute approximate surface area is 194 Å². The summed E-state index contributed by atoms with van der Waals surface area (Å²) in [4.78, 5) is 50.2. The number of carbonyl (C=O) groups is 2. The first-order valence-electron chi connectivity index (χ1n) is 10.5. The van der Waals surface area contributed by atoms with Crippen LogP contribution in [0, 0.1) is 0 Å². The number of esters is 1. The number of rotatable bonds is 4. The zero-order chi connectivity index (χ0) is 23.5. The number of carbonyl (C=O) groups excluding carboxylic acids is 2. The number of benzene rings is 1. The summed E-state index contributed by atoms with van der Waals surface area (Å²) in [6, 6.07) is 7.79. The van der Waals surface area contributed by atoms with Crippen LogP contribution in [0.25, 0.3) is 11.2 Å². The van der Waals surface area contributed by atoms with E-state index in [2.05, 4.69) is 15.3 Å². The molecule has 1 saturated heterocycles. The monoisotopic (exact) mass is 470 g/mol. The molecule has 0 aliphatic carbocycles. The number of methoxy groups -OCH3 is 1. The van der Waals surface area contributed by atoms with Gasteiger partial charge in [-0.2, -0.15) is 0 Å². The Morgan fingerprint density at radius 3 is 2.64 bits per heavy atom. The molecule has 4 rings (SSSR count). The van der Waals surface area contributed by atoms with E-state index in [0.717, 1.165) is 0 Å². The summed E-state index contributed by atoms with van der Waals surface area (Å²) in [7, 11) is 1.27. The number of nitrogens with one attached hydrogen (secondary N) is 1. The van der Waals surface area contributed by atoms with Crippen molar-refractivity contribution in [3.63, 3.8) is 0 Å². The molecule has 0 bridgehead atoms. The van der Waals surface area contributed by atoms with Crippen molar-refractivity contribution >= 4 is 46.3 Å². The van der Waals surface area contributed by atoms with Gasteiger partial charge in [0.1, 0.15) is 5.52 Å². The third-order valence-corrected chi connectivity index (χ3v) is 5.73. The fourth-order valence-corrected chi connectivity index (χ4v) is 3.96. The van der Waals surface area contributed by atoms with Gasteiger partial charge in [0.15, 0.2) is 11.5 Å². The summed E-state index contributed by atoms with van der Waals surface area (Å²) in [5, 5.41) is 3.12. The Hall–Kier alpha value is -3.66. The molecule has 10 nitrogen and oxygen atoms in total. The van der Waals surface area contributed by atoms with E-state index < -0.39 is 5.97 Å². The number of ether oxygens (including phenoxy) is 1. The molecule has 11 heteroatoms. The predicted octanol–water partition coefficient (Wildman–Crippen LogP) is 2.61. The van der Waals surface area contributed by atoms with E-state index in [4.69, 9.17) is 16.3 Å². The Morgan fingerprint density at radius 1 is 1.18 bits per heavy atom. The maximum Gasteiger partial charge on any atom is 0.339 e. The van der Waals surface area contributed by atoms with Gasteiger partial charge >= 0.3 is 12.0 Å². The molecule has 1 aromatic carbocycles. The maximum atomic E-state index is 13.0. The third-order valence-electron chi connectivity index (χ3n) is 5.50. The highest BCUT2D eigenvalue weighted by molar-refractivity contribution is 6.31. The first-order chi connectivity index (χ1) is 15.9. The predicted molar refractivity (Wildman–Crippen MR) is 125 cm³/mol. The Kier molecular flexibility index (Phi) is 6.45. The number of nitrogens with zero attached hydrogens (tertiary/aromatic N) is 5. The Morgan fingerprint density at radius 2 is 1.94 bits per heavy atom. The Bertz CT molecular complexity index is 1270. The highest BCUT2D eigenvalue weighted by Gasteiger charge is 2.26. The van der Waals surface area contributed by atoms with Gasteiger partial charge in [-0.05, 0) is 37.3 Å². The number of hydrogen-bond acceptors (Lipinski definition) is 7. The van der Waals surface area contributed by atoms with Crippen molar-refractivity contribution in [2.24, 2.45) is 0 Å². The molecule has 172 valence electrons. The van der Waals surface area contributed by atoms with E-state index in [-0.39, 0.29) is 22.8 Å². The number of urea groups is 1. The van der Waals surface area contributed by atoms with Crippen LogP contribution >= 0.6 is 11.6 Å². The smallest absolute Gasteiger partial charge is 0.339 e. The van der Waals surface area contributed by atoms with Crippen LogP contribution in [0.3, 0.4) is 0 Å². The molecule has 3 heterocycles. The molecular formula is C22H23ClN6O4. The van der Waals surface area contributed by atoms with Crippen LogP contribution in [0.5, 0.6) is 0 Å². The van der Waals surface area contributed by atoms with Gasteiger partial charge in [0, 0.05) is 43.9 Å².